The zero-order valence-corrected chi connectivity index (χ0v) is 27.9. The van der Waals surface area contributed by atoms with Crippen molar-refractivity contribution in [3.63, 3.8) is 0 Å². The summed E-state index contributed by atoms with van der Waals surface area (Å²) >= 11 is 15.7. The Bertz CT molecular complexity index is 1540. The third-order valence-corrected chi connectivity index (χ3v) is 9.95. The largest absolute Gasteiger partial charge is 0.496 e. The average Bonchev–Trinajstić information content (AvgIpc) is 2.96. The normalized spacial score (nSPS) is 12.8. The number of carbonyl (C=O) groups excluding carboxylic acids is 2. The number of aryl methyl sites for hydroxylation is 1. The predicted molar refractivity (Wildman–Crippen MR) is 171 cm³/mol. The fourth-order valence-electron chi connectivity index (χ4n) is 4.06. The van der Waals surface area contributed by atoms with E-state index in [4.69, 9.17) is 27.9 Å². The Morgan fingerprint density at radius 2 is 1.67 bits per heavy atom. The van der Waals surface area contributed by atoms with Crippen molar-refractivity contribution < 1.29 is 22.7 Å². The summed E-state index contributed by atoms with van der Waals surface area (Å²) in [6.45, 7) is 6.74. The summed E-state index contributed by atoms with van der Waals surface area (Å²) < 4.78 is 34.8. The van der Waals surface area contributed by atoms with Crippen molar-refractivity contribution in [1.29, 1.82) is 0 Å². The van der Waals surface area contributed by atoms with Crippen LogP contribution in [0.1, 0.15) is 38.3 Å². The number of nitrogens with zero attached hydrogens (tertiary/aromatic N) is 2. The van der Waals surface area contributed by atoms with Crippen LogP contribution in [-0.2, 0) is 26.2 Å². The molecule has 12 heteroatoms. The molecular weight excluding hydrogens is 665 g/mol. The fourth-order valence-corrected chi connectivity index (χ4v) is 6.51. The van der Waals surface area contributed by atoms with Gasteiger partial charge in [0.05, 0.1) is 32.2 Å². The van der Waals surface area contributed by atoms with Gasteiger partial charge in [0, 0.05) is 12.6 Å². The van der Waals surface area contributed by atoms with Gasteiger partial charge in [0.1, 0.15) is 18.3 Å². The topological polar surface area (TPSA) is 96.0 Å². The molecule has 0 fully saturated rings. The van der Waals surface area contributed by atoms with Gasteiger partial charge < -0.3 is 15.0 Å². The van der Waals surface area contributed by atoms with Crippen molar-refractivity contribution in [1.82, 2.24) is 10.2 Å². The summed E-state index contributed by atoms with van der Waals surface area (Å²) in [7, 11) is -2.76. The summed E-state index contributed by atoms with van der Waals surface area (Å²) in [5.41, 5.74) is 1.85. The molecule has 226 valence electrons. The molecule has 0 bridgehead atoms. The second-order valence-corrected chi connectivity index (χ2v) is 13.4. The molecule has 0 spiro atoms. The van der Waals surface area contributed by atoms with E-state index in [2.05, 4.69) is 21.2 Å². The maximum absolute atomic E-state index is 14.0. The van der Waals surface area contributed by atoms with Crippen LogP contribution < -0.4 is 14.4 Å². The van der Waals surface area contributed by atoms with Crippen molar-refractivity contribution in [2.24, 2.45) is 0 Å². The summed E-state index contributed by atoms with van der Waals surface area (Å²) in [4.78, 5) is 28.5. The highest BCUT2D eigenvalue weighted by Crippen LogP contribution is 2.31. The average molecular weight is 699 g/mol. The van der Waals surface area contributed by atoms with Gasteiger partial charge in [-0.15, -0.1) is 0 Å². The van der Waals surface area contributed by atoms with Gasteiger partial charge >= 0.3 is 0 Å². The molecule has 3 rings (SSSR count). The molecule has 0 aliphatic carbocycles. The molecule has 42 heavy (non-hydrogen) atoms. The van der Waals surface area contributed by atoms with E-state index < -0.39 is 28.5 Å². The molecule has 2 amide bonds. The van der Waals surface area contributed by atoms with Crippen LogP contribution in [0.3, 0.4) is 0 Å². The first kappa shape index (κ1) is 33.7. The minimum atomic E-state index is -4.24. The number of hydrogen-bond acceptors (Lipinski definition) is 5. The Labute approximate surface area is 266 Å². The fraction of sp³-hybridized carbons (Fsp3) is 0.333. The number of ether oxygens (including phenoxy) is 1. The molecule has 0 radical (unpaired) electrons. The van der Waals surface area contributed by atoms with E-state index in [1.54, 1.807) is 49.4 Å². The van der Waals surface area contributed by atoms with E-state index in [1.165, 1.54) is 30.2 Å². The zero-order valence-electron chi connectivity index (χ0n) is 24.0. The second kappa shape index (κ2) is 14.6. The number of nitrogens with one attached hydrogen (secondary N) is 1. The number of sulfonamides is 1. The first-order valence-electron chi connectivity index (χ1n) is 13.2. The van der Waals surface area contributed by atoms with Gasteiger partial charge in [-0.3, -0.25) is 13.9 Å². The van der Waals surface area contributed by atoms with Gasteiger partial charge in [-0.2, -0.15) is 0 Å². The number of carbonyl (C=O) groups is 2. The van der Waals surface area contributed by atoms with E-state index in [9.17, 15) is 18.0 Å². The van der Waals surface area contributed by atoms with Crippen molar-refractivity contribution in [3.8, 4) is 5.75 Å². The number of anilines is 1. The van der Waals surface area contributed by atoms with Crippen LogP contribution in [-0.4, -0.2) is 50.9 Å². The lowest BCUT2D eigenvalue weighted by atomic mass is 10.1. The van der Waals surface area contributed by atoms with Crippen LogP contribution in [0.2, 0.25) is 10.0 Å². The lowest BCUT2D eigenvalue weighted by Gasteiger charge is -2.32. The van der Waals surface area contributed by atoms with Crippen LogP contribution in [0, 0.1) is 6.92 Å². The standard InChI is InChI=1S/C30H34BrCl2N3O5S/c1-6-20(3)34-30(38)21(4)35(17-22-9-13-26(32)27(33)15-22)29(37)18-36(23-10-7-19(2)8-11-23)42(39,40)24-12-14-28(41-5)25(31)16-24/h7-16,20-21H,6,17-18H2,1-5H3,(H,34,38)/t20-,21-/m1/s1. The van der Waals surface area contributed by atoms with Crippen molar-refractivity contribution in [2.45, 2.75) is 57.6 Å². The van der Waals surface area contributed by atoms with Crippen LogP contribution in [0.4, 0.5) is 5.69 Å². The van der Waals surface area contributed by atoms with Crippen LogP contribution in [0.15, 0.2) is 70.0 Å². The highest BCUT2D eigenvalue weighted by molar-refractivity contribution is 9.10. The molecule has 8 nitrogen and oxygen atoms in total. The first-order chi connectivity index (χ1) is 19.8. The van der Waals surface area contributed by atoms with Gasteiger partial charge in [-0.25, -0.2) is 8.42 Å². The second-order valence-electron chi connectivity index (χ2n) is 9.91. The van der Waals surface area contributed by atoms with E-state index in [-0.39, 0.29) is 23.4 Å². The van der Waals surface area contributed by atoms with Crippen molar-refractivity contribution >= 4 is 66.7 Å². The Morgan fingerprint density at radius 3 is 2.24 bits per heavy atom. The van der Waals surface area contributed by atoms with E-state index in [0.717, 1.165) is 9.87 Å². The number of benzene rings is 3. The molecule has 3 aromatic rings. The Hall–Kier alpha value is -2.79. The molecule has 0 saturated carbocycles. The molecule has 0 unspecified atom stereocenters. The van der Waals surface area contributed by atoms with Gasteiger partial charge in [-0.1, -0.05) is 53.9 Å². The smallest absolute Gasteiger partial charge is 0.264 e. The number of amides is 2. The number of hydrogen-bond donors (Lipinski definition) is 1. The van der Waals surface area contributed by atoms with Crippen LogP contribution >= 0.6 is 39.1 Å². The quantitative estimate of drug-likeness (QED) is 0.230. The van der Waals surface area contributed by atoms with E-state index in [1.807, 2.05) is 20.8 Å². The third-order valence-electron chi connectivity index (χ3n) is 6.82. The first-order valence-corrected chi connectivity index (χ1v) is 16.2. The number of methoxy groups -OCH3 is 1. The Kier molecular flexibility index (Phi) is 11.7. The Balaban J connectivity index is 2.06. The summed E-state index contributed by atoms with van der Waals surface area (Å²) in [6, 6.07) is 15.1. The molecule has 1 N–H and O–H groups in total. The zero-order chi connectivity index (χ0) is 31.2. The minimum absolute atomic E-state index is 0.000679. The molecular formula is C30H34BrCl2N3O5S. The maximum Gasteiger partial charge on any atom is 0.264 e. The Morgan fingerprint density at radius 1 is 1.00 bits per heavy atom. The van der Waals surface area contributed by atoms with E-state index in [0.29, 0.717) is 37.9 Å². The highest BCUT2D eigenvalue weighted by Gasteiger charge is 2.33. The van der Waals surface area contributed by atoms with Crippen molar-refractivity contribution in [3.05, 3.63) is 86.3 Å². The molecule has 2 atom stereocenters. The summed E-state index contributed by atoms with van der Waals surface area (Å²) in [6.07, 6.45) is 0.704. The van der Waals surface area contributed by atoms with Crippen LogP contribution in [0.25, 0.3) is 0 Å². The summed E-state index contributed by atoms with van der Waals surface area (Å²) in [5, 5.41) is 3.55. The summed E-state index contributed by atoms with van der Waals surface area (Å²) in [5.74, 6) is -0.480. The highest BCUT2D eigenvalue weighted by atomic mass is 79.9. The molecule has 0 aliphatic heterocycles. The lowest BCUT2D eigenvalue weighted by Crippen LogP contribution is -2.52. The molecule has 0 aromatic heterocycles. The van der Waals surface area contributed by atoms with Gasteiger partial charge in [0.2, 0.25) is 11.8 Å². The van der Waals surface area contributed by atoms with E-state index >= 15 is 0 Å². The maximum atomic E-state index is 14.0. The SMILES string of the molecule is CC[C@@H](C)NC(=O)[C@@H](C)N(Cc1ccc(Cl)c(Cl)c1)C(=O)CN(c1ccc(C)cc1)S(=O)(=O)c1ccc(OC)c(Br)c1. The monoisotopic (exact) mass is 697 g/mol. The lowest BCUT2D eigenvalue weighted by molar-refractivity contribution is -0.139. The van der Waals surface area contributed by atoms with Gasteiger partial charge in [-0.05, 0) is 91.1 Å². The van der Waals surface area contributed by atoms with Crippen molar-refractivity contribution in [2.75, 3.05) is 18.0 Å². The molecule has 0 heterocycles. The minimum Gasteiger partial charge on any atom is -0.496 e. The molecule has 0 saturated heterocycles. The number of halogens is 3. The van der Waals surface area contributed by atoms with Crippen LogP contribution in [0.5, 0.6) is 5.75 Å². The van der Waals surface area contributed by atoms with Gasteiger partial charge in [0.25, 0.3) is 10.0 Å². The predicted octanol–water partition coefficient (Wildman–Crippen LogP) is 6.60. The number of rotatable bonds is 12. The third kappa shape index (κ3) is 8.18. The molecule has 3 aromatic carbocycles. The van der Waals surface area contributed by atoms with Gasteiger partial charge in [0.15, 0.2) is 0 Å². The molecule has 0 aliphatic rings.